The Labute approximate surface area is 117 Å². The first-order chi connectivity index (χ1) is 9.20. The van der Waals surface area contributed by atoms with Crippen LogP contribution >= 0.6 is 0 Å². The van der Waals surface area contributed by atoms with Gasteiger partial charge >= 0.3 is 0 Å². The number of ether oxygens (including phenoxy) is 1. The molecule has 0 spiro atoms. The first-order valence-corrected chi connectivity index (χ1v) is 7.75. The lowest BCUT2D eigenvalue weighted by atomic mass is 9.78. The van der Waals surface area contributed by atoms with Gasteiger partial charge in [-0.15, -0.1) is 0 Å². The highest BCUT2D eigenvalue weighted by Crippen LogP contribution is 2.27. The normalized spacial score (nSPS) is 27.2. The van der Waals surface area contributed by atoms with Crippen molar-refractivity contribution >= 4 is 0 Å². The minimum atomic E-state index is 0.739. The zero-order valence-corrected chi connectivity index (χ0v) is 12.6. The molecule has 3 atom stereocenters. The molecule has 0 aliphatic heterocycles. The Hall–Kier alpha value is -1.02. The first kappa shape index (κ1) is 14.4. The standard InChI is InChI=1S/C17H27NO/c1-4-19-16-10-8-15(9-11-16)12-18-17-7-5-6-13(2)14(17)3/h8-11,13-14,17-18H,4-7,12H2,1-3H3/p+1/t13-,14-,17-/m0/s1. The summed E-state index contributed by atoms with van der Waals surface area (Å²) < 4.78 is 5.48. The van der Waals surface area contributed by atoms with E-state index in [1.54, 1.807) is 0 Å². The molecule has 0 unspecified atom stereocenters. The van der Waals surface area contributed by atoms with Gasteiger partial charge in [-0.1, -0.05) is 13.8 Å². The van der Waals surface area contributed by atoms with Gasteiger partial charge < -0.3 is 10.1 Å². The third-order valence-electron chi connectivity index (χ3n) is 4.66. The monoisotopic (exact) mass is 262 g/mol. The summed E-state index contributed by atoms with van der Waals surface area (Å²) in [6, 6.07) is 9.35. The van der Waals surface area contributed by atoms with E-state index in [1.165, 1.54) is 24.8 Å². The van der Waals surface area contributed by atoms with Gasteiger partial charge in [0.05, 0.1) is 12.6 Å². The number of quaternary nitrogens is 1. The molecule has 2 nitrogen and oxygen atoms in total. The topological polar surface area (TPSA) is 25.8 Å². The van der Waals surface area contributed by atoms with E-state index in [1.807, 2.05) is 6.92 Å². The van der Waals surface area contributed by atoms with E-state index in [-0.39, 0.29) is 0 Å². The average molecular weight is 262 g/mol. The fraction of sp³-hybridized carbons (Fsp3) is 0.647. The molecule has 0 bridgehead atoms. The Morgan fingerprint density at radius 3 is 2.58 bits per heavy atom. The highest BCUT2D eigenvalue weighted by molar-refractivity contribution is 5.26. The molecular weight excluding hydrogens is 234 g/mol. The fourth-order valence-electron chi connectivity index (χ4n) is 3.13. The van der Waals surface area contributed by atoms with Gasteiger partial charge in [0, 0.05) is 11.5 Å². The molecule has 0 radical (unpaired) electrons. The van der Waals surface area contributed by atoms with Crippen molar-refractivity contribution in [2.24, 2.45) is 11.8 Å². The van der Waals surface area contributed by atoms with Crippen molar-refractivity contribution in [3.8, 4) is 5.75 Å². The van der Waals surface area contributed by atoms with Crippen LogP contribution in [0.15, 0.2) is 24.3 Å². The van der Waals surface area contributed by atoms with E-state index in [2.05, 4.69) is 43.4 Å². The Kier molecular flexibility index (Phi) is 5.26. The second kappa shape index (κ2) is 6.95. The summed E-state index contributed by atoms with van der Waals surface area (Å²) in [5.74, 6) is 2.71. The van der Waals surface area contributed by atoms with Gasteiger partial charge in [0.15, 0.2) is 0 Å². The molecule has 1 fully saturated rings. The number of benzene rings is 1. The molecule has 2 rings (SSSR count). The summed E-state index contributed by atoms with van der Waals surface area (Å²) in [5.41, 5.74) is 1.40. The molecule has 0 heterocycles. The van der Waals surface area contributed by atoms with E-state index >= 15 is 0 Å². The fourth-order valence-corrected chi connectivity index (χ4v) is 3.13. The molecule has 2 heteroatoms. The predicted octanol–water partition coefficient (Wildman–Crippen LogP) is 2.97. The Morgan fingerprint density at radius 1 is 1.16 bits per heavy atom. The minimum absolute atomic E-state index is 0.739. The van der Waals surface area contributed by atoms with Crippen LogP contribution in [0.4, 0.5) is 0 Å². The summed E-state index contributed by atoms with van der Waals surface area (Å²) in [4.78, 5) is 0. The molecule has 106 valence electrons. The van der Waals surface area contributed by atoms with E-state index in [9.17, 15) is 0 Å². The molecule has 1 aromatic rings. The van der Waals surface area contributed by atoms with Crippen LogP contribution in [0.5, 0.6) is 5.75 Å². The van der Waals surface area contributed by atoms with E-state index in [0.29, 0.717) is 0 Å². The van der Waals surface area contributed by atoms with E-state index < -0.39 is 0 Å². The van der Waals surface area contributed by atoms with Gasteiger partial charge in [-0.05, 0) is 56.4 Å². The van der Waals surface area contributed by atoms with Gasteiger partial charge in [0.2, 0.25) is 0 Å². The Bertz CT molecular complexity index is 373. The summed E-state index contributed by atoms with van der Waals surface area (Å²) in [5, 5.41) is 2.54. The molecule has 1 aliphatic carbocycles. The number of hydrogen-bond acceptors (Lipinski definition) is 1. The van der Waals surface area contributed by atoms with Crippen molar-refractivity contribution in [1.82, 2.24) is 0 Å². The van der Waals surface area contributed by atoms with Crippen molar-refractivity contribution in [2.45, 2.75) is 52.6 Å². The van der Waals surface area contributed by atoms with Gasteiger partial charge in [-0.25, -0.2) is 0 Å². The molecule has 1 aliphatic rings. The summed E-state index contributed by atoms with van der Waals surface area (Å²) >= 11 is 0. The lowest BCUT2D eigenvalue weighted by molar-refractivity contribution is -0.713. The second-order valence-corrected chi connectivity index (χ2v) is 5.95. The van der Waals surface area contributed by atoms with Gasteiger partial charge in [-0.3, -0.25) is 0 Å². The highest BCUT2D eigenvalue weighted by atomic mass is 16.5. The smallest absolute Gasteiger partial charge is 0.119 e. The van der Waals surface area contributed by atoms with Crippen molar-refractivity contribution in [1.29, 1.82) is 0 Å². The van der Waals surface area contributed by atoms with Crippen LogP contribution in [0.25, 0.3) is 0 Å². The van der Waals surface area contributed by atoms with Crippen molar-refractivity contribution in [3.63, 3.8) is 0 Å². The van der Waals surface area contributed by atoms with Crippen molar-refractivity contribution in [3.05, 3.63) is 29.8 Å². The summed E-state index contributed by atoms with van der Waals surface area (Å²) in [6.07, 6.45) is 4.19. The lowest BCUT2D eigenvalue weighted by Crippen LogP contribution is -2.90. The average Bonchev–Trinajstić information content (AvgIpc) is 2.42. The van der Waals surface area contributed by atoms with Crippen molar-refractivity contribution in [2.75, 3.05) is 6.61 Å². The van der Waals surface area contributed by atoms with Gasteiger partial charge in [0.25, 0.3) is 0 Å². The molecular formula is C17H28NO+. The quantitative estimate of drug-likeness (QED) is 0.867. The van der Waals surface area contributed by atoms with Crippen LogP contribution in [-0.4, -0.2) is 12.6 Å². The zero-order valence-electron chi connectivity index (χ0n) is 12.6. The van der Waals surface area contributed by atoms with E-state index in [4.69, 9.17) is 4.74 Å². The van der Waals surface area contributed by atoms with Crippen LogP contribution in [-0.2, 0) is 6.54 Å². The van der Waals surface area contributed by atoms with Crippen LogP contribution in [0.1, 0.15) is 45.6 Å². The van der Waals surface area contributed by atoms with Crippen LogP contribution < -0.4 is 10.1 Å². The predicted molar refractivity (Wildman–Crippen MR) is 79.2 cm³/mol. The molecule has 1 aromatic carbocycles. The Balaban J connectivity index is 1.84. The number of hydrogen-bond donors (Lipinski definition) is 1. The highest BCUT2D eigenvalue weighted by Gasteiger charge is 2.29. The summed E-state index contributed by atoms with van der Waals surface area (Å²) in [7, 11) is 0. The van der Waals surface area contributed by atoms with Crippen LogP contribution in [0, 0.1) is 11.8 Å². The largest absolute Gasteiger partial charge is 0.494 e. The molecule has 0 saturated heterocycles. The van der Waals surface area contributed by atoms with Crippen LogP contribution in [0.3, 0.4) is 0 Å². The maximum atomic E-state index is 5.48. The SMILES string of the molecule is CCOc1ccc(C[NH2+][C@H]2CCC[C@H](C)[C@@H]2C)cc1. The van der Waals surface area contributed by atoms with Gasteiger partial charge in [0.1, 0.15) is 12.3 Å². The molecule has 19 heavy (non-hydrogen) atoms. The maximum absolute atomic E-state index is 5.48. The maximum Gasteiger partial charge on any atom is 0.119 e. The lowest BCUT2D eigenvalue weighted by Gasteiger charge is -2.32. The van der Waals surface area contributed by atoms with Crippen molar-refractivity contribution < 1.29 is 10.1 Å². The molecule has 0 aromatic heterocycles. The van der Waals surface area contributed by atoms with Crippen LogP contribution in [0.2, 0.25) is 0 Å². The Morgan fingerprint density at radius 2 is 1.89 bits per heavy atom. The molecule has 2 N–H and O–H groups in total. The molecule has 0 amide bonds. The van der Waals surface area contributed by atoms with Gasteiger partial charge in [-0.2, -0.15) is 0 Å². The number of rotatable bonds is 5. The zero-order chi connectivity index (χ0) is 13.7. The molecule has 1 saturated carbocycles. The minimum Gasteiger partial charge on any atom is -0.494 e. The third kappa shape index (κ3) is 3.97. The first-order valence-electron chi connectivity index (χ1n) is 7.75. The summed E-state index contributed by atoms with van der Waals surface area (Å²) in [6.45, 7) is 8.68. The van der Waals surface area contributed by atoms with E-state index in [0.717, 1.165) is 36.8 Å². The number of nitrogens with two attached hydrogens (primary N) is 1. The second-order valence-electron chi connectivity index (χ2n) is 5.95. The third-order valence-corrected chi connectivity index (χ3v) is 4.66.